The van der Waals surface area contributed by atoms with Crippen LogP contribution in [0.4, 0.5) is 5.69 Å². The number of H-pyrrole nitrogens is 1. The van der Waals surface area contributed by atoms with Crippen LogP contribution in [0.5, 0.6) is 0 Å². The third-order valence-corrected chi connectivity index (χ3v) is 3.05. The Kier molecular flexibility index (Phi) is 2.82. The number of aromatic nitrogens is 2. The molecule has 1 aliphatic rings. The molecule has 0 fully saturated rings. The first kappa shape index (κ1) is 11.0. The van der Waals surface area contributed by atoms with Gasteiger partial charge < -0.3 is 10.6 Å². The first-order valence-corrected chi connectivity index (χ1v) is 5.98. The van der Waals surface area contributed by atoms with Crippen LogP contribution in [0.25, 0.3) is 0 Å². The molecule has 5 nitrogen and oxygen atoms in total. The van der Waals surface area contributed by atoms with E-state index < -0.39 is 0 Å². The summed E-state index contributed by atoms with van der Waals surface area (Å²) in [6, 6.07) is 9.40. The Bertz CT molecular complexity index is 562. The molecule has 18 heavy (non-hydrogen) atoms. The third-order valence-electron chi connectivity index (χ3n) is 3.05. The van der Waals surface area contributed by atoms with E-state index in [0.717, 1.165) is 29.9 Å². The molecule has 5 heteroatoms. The number of rotatable bonds is 2. The number of nitrogens with one attached hydrogen (secondary N) is 3. The van der Waals surface area contributed by atoms with Gasteiger partial charge in [0.15, 0.2) is 5.69 Å². The topological polar surface area (TPSA) is 69.8 Å². The largest absolute Gasteiger partial charge is 0.321 e. The van der Waals surface area contributed by atoms with Gasteiger partial charge in [-0.25, -0.2) is 0 Å². The molecule has 0 atom stereocenters. The van der Waals surface area contributed by atoms with E-state index in [1.807, 2.05) is 30.3 Å². The maximum absolute atomic E-state index is 12.1. The zero-order chi connectivity index (χ0) is 12.4. The van der Waals surface area contributed by atoms with Crippen LogP contribution < -0.4 is 10.6 Å². The maximum atomic E-state index is 12.1. The van der Waals surface area contributed by atoms with Gasteiger partial charge in [-0.1, -0.05) is 18.2 Å². The summed E-state index contributed by atoms with van der Waals surface area (Å²) in [5.74, 6) is -0.164. The van der Waals surface area contributed by atoms with Crippen molar-refractivity contribution < 1.29 is 4.79 Å². The molecular weight excluding hydrogens is 228 g/mol. The fraction of sp³-hybridized carbons (Fsp3) is 0.231. The standard InChI is InChI=1S/C13H14N4O/c18-13(15-9-4-2-1-3-5-9)12-10-8-14-7-6-11(10)16-17-12/h1-5,14H,6-8H2,(H,15,18)(H,16,17). The summed E-state index contributed by atoms with van der Waals surface area (Å²) in [6.45, 7) is 1.62. The minimum absolute atomic E-state index is 0.164. The van der Waals surface area contributed by atoms with E-state index in [-0.39, 0.29) is 5.91 Å². The highest BCUT2D eigenvalue weighted by molar-refractivity contribution is 6.04. The fourth-order valence-corrected chi connectivity index (χ4v) is 2.12. The van der Waals surface area contributed by atoms with Gasteiger partial charge in [0.2, 0.25) is 0 Å². The van der Waals surface area contributed by atoms with E-state index in [1.54, 1.807) is 0 Å². The molecule has 2 heterocycles. The van der Waals surface area contributed by atoms with Gasteiger partial charge in [0, 0.05) is 36.5 Å². The van der Waals surface area contributed by atoms with Crippen molar-refractivity contribution in [2.75, 3.05) is 11.9 Å². The molecule has 0 spiro atoms. The average Bonchev–Trinajstić information content (AvgIpc) is 2.84. The van der Waals surface area contributed by atoms with Crippen LogP contribution in [0.2, 0.25) is 0 Å². The molecule has 3 rings (SSSR count). The molecule has 1 aromatic heterocycles. The lowest BCUT2D eigenvalue weighted by Crippen LogP contribution is -2.25. The Morgan fingerprint density at radius 1 is 1.28 bits per heavy atom. The van der Waals surface area contributed by atoms with Crippen molar-refractivity contribution >= 4 is 11.6 Å². The minimum Gasteiger partial charge on any atom is -0.321 e. The van der Waals surface area contributed by atoms with Gasteiger partial charge in [-0.3, -0.25) is 9.89 Å². The molecule has 0 saturated heterocycles. The minimum atomic E-state index is -0.164. The molecule has 92 valence electrons. The number of carbonyl (C=O) groups is 1. The van der Waals surface area contributed by atoms with E-state index >= 15 is 0 Å². The molecule has 3 N–H and O–H groups in total. The average molecular weight is 242 g/mol. The number of benzene rings is 1. The summed E-state index contributed by atoms with van der Waals surface area (Å²) < 4.78 is 0. The molecule has 0 aliphatic carbocycles. The van der Waals surface area contributed by atoms with Crippen LogP contribution in [-0.2, 0) is 13.0 Å². The summed E-state index contributed by atoms with van der Waals surface area (Å²) in [4.78, 5) is 12.1. The number of amides is 1. The zero-order valence-corrected chi connectivity index (χ0v) is 9.86. The van der Waals surface area contributed by atoms with Crippen molar-refractivity contribution in [2.45, 2.75) is 13.0 Å². The predicted octanol–water partition coefficient (Wildman–Crippen LogP) is 1.31. The Morgan fingerprint density at radius 3 is 2.94 bits per heavy atom. The highest BCUT2D eigenvalue weighted by atomic mass is 16.1. The second kappa shape index (κ2) is 4.62. The number of anilines is 1. The molecule has 1 aromatic carbocycles. The Hall–Kier alpha value is -2.14. The van der Waals surface area contributed by atoms with Crippen molar-refractivity contribution in [3.8, 4) is 0 Å². The molecular formula is C13H14N4O. The van der Waals surface area contributed by atoms with E-state index in [1.165, 1.54) is 0 Å². The highest BCUT2D eigenvalue weighted by Crippen LogP contribution is 2.16. The first-order chi connectivity index (χ1) is 8.84. The van der Waals surface area contributed by atoms with Crippen LogP contribution >= 0.6 is 0 Å². The summed E-state index contributed by atoms with van der Waals surface area (Å²) >= 11 is 0. The summed E-state index contributed by atoms with van der Waals surface area (Å²) in [5, 5.41) is 13.2. The quantitative estimate of drug-likeness (QED) is 0.743. The van der Waals surface area contributed by atoms with Gasteiger partial charge in [-0.05, 0) is 12.1 Å². The van der Waals surface area contributed by atoms with Crippen LogP contribution in [0.3, 0.4) is 0 Å². The first-order valence-electron chi connectivity index (χ1n) is 5.98. The molecule has 1 aliphatic heterocycles. The fourth-order valence-electron chi connectivity index (χ4n) is 2.12. The van der Waals surface area contributed by atoms with Gasteiger partial charge in [0.05, 0.1) is 0 Å². The second-order valence-electron chi connectivity index (χ2n) is 4.28. The van der Waals surface area contributed by atoms with Crippen molar-refractivity contribution in [2.24, 2.45) is 0 Å². The lowest BCUT2D eigenvalue weighted by atomic mass is 10.1. The van der Waals surface area contributed by atoms with E-state index in [9.17, 15) is 4.79 Å². The van der Waals surface area contributed by atoms with Crippen molar-refractivity contribution in [1.82, 2.24) is 15.5 Å². The number of nitrogens with zero attached hydrogens (tertiary/aromatic N) is 1. The Balaban J connectivity index is 1.83. The molecule has 0 saturated carbocycles. The van der Waals surface area contributed by atoms with Gasteiger partial charge in [-0.15, -0.1) is 0 Å². The monoisotopic (exact) mass is 242 g/mol. The van der Waals surface area contributed by atoms with Gasteiger partial charge in [0.1, 0.15) is 0 Å². The summed E-state index contributed by atoms with van der Waals surface area (Å²) in [7, 11) is 0. The number of hydrogen-bond acceptors (Lipinski definition) is 3. The summed E-state index contributed by atoms with van der Waals surface area (Å²) in [6.07, 6.45) is 0.890. The lowest BCUT2D eigenvalue weighted by molar-refractivity contribution is 0.102. The van der Waals surface area contributed by atoms with Crippen molar-refractivity contribution in [3.05, 3.63) is 47.3 Å². The lowest BCUT2D eigenvalue weighted by Gasteiger charge is -2.12. The number of para-hydroxylation sites is 1. The summed E-state index contributed by atoms with van der Waals surface area (Å²) in [5.41, 5.74) is 3.31. The Morgan fingerprint density at radius 2 is 2.11 bits per heavy atom. The number of fused-ring (bicyclic) bond motifs is 1. The SMILES string of the molecule is O=C(Nc1ccccc1)c1n[nH]c2c1CNCC2. The van der Waals surface area contributed by atoms with Crippen LogP contribution in [0.1, 0.15) is 21.7 Å². The molecule has 0 bridgehead atoms. The van der Waals surface area contributed by atoms with Gasteiger partial charge in [-0.2, -0.15) is 5.10 Å². The zero-order valence-electron chi connectivity index (χ0n) is 9.86. The Labute approximate surface area is 105 Å². The highest BCUT2D eigenvalue weighted by Gasteiger charge is 2.21. The molecule has 0 radical (unpaired) electrons. The molecule has 1 amide bonds. The normalized spacial score (nSPS) is 14.0. The van der Waals surface area contributed by atoms with Crippen molar-refractivity contribution in [3.63, 3.8) is 0 Å². The molecule has 0 unspecified atom stereocenters. The van der Waals surface area contributed by atoms with E-state index in [4.69, 9.17) is 0 Å². The van der Waals surface area contributed by atoms with Crippen LogP contribution in [-0.4, -0.2) is 22.6 Å². The molecule has 2 aromatic rings. The van der Waals surface area contributed by atoms with E-state index in [0.29, 0.717) is 12.2 Å². The number of carbonyl (C=O) groups excluding carboxylic acids is 1. The number of aromatic amines is 1. The van der Waals surface area contributed by atoms with Gasteiger partial charge >= 0.3 is 0 Å². The van der Waals surface area contributed by atoms with Crippen molar-refractivity contribution in [1.29, 1.82) is 0 Å². The predicted molar refractivity (Wildman–Crippen MR) is 68.4 cm³/mol. The number of hydrogen-bond donors (Lipinski definition) is 3. The second-order valence-corrected chi connectivity index (χ2v) is 4.28. The van der Waals surface area contributed by atoms with Crippen LogP contribution in [0, 0.1) is 0 Å². The van der Waals surface area contributed by atoms with E-state index in [2.05, 4.69) is 20.8 Å². The van der Waals surface area contributed by atoms with Crippen LogP contribution in [0.15, 0.2) is 30.3 Å². The smallest absolute Gasteiger partial charge is 0.276 e. The third kappa shape index (κ3) is 2.00. The van der Waals surface area contributed by atoms with Gasteiger partial charge in [0.25, 0.3) is 5.91 Å². The maximum Gasteiger partial charge on any atom is 0.276 e.